The fourth-order valence-electron chi connectivity index (χ4n) is 1.71. The van der Waals surface area contributed by atoms with Crippen molar-refractivity contribution in [3.05, 3.63) is 35.6 Å². The van der Waals surface area contributed by atoms with Gasteiger partial charge < -0.3 is 10.6 Å². The Labute approximate surface area is 125 Å². The third-order valence-electron chi connectivity index (χ3n) is 3.01. The van der Waals surface area contributed by atoms with Crippen LogP contribution in [0, 0.1) is 5.82 Å². The molecule has 0 aromatic heterocycles. The maximum Gasteiger partial charge on any atom is 0.191 e. The second-order valence-electron chi connectivity index (χ2n) is 4.50. The average Bonchev–Trinajstić information content (AvgIpc) is 2.47. The molecule has 7 heteroatoms. The van der Waals surface area contributed by atoms with E-state index in [9.17, 15) is 12.8 Å². The van der Waals surface area contributed by atoms with Gasteiger partial charge in [-0.05, 0) is 18.1 Å². The molecule has 0 unspecified atom stereocenters. The number of nitrogens with one attached hydrogen (secondary N) is 2. The van der Waals surface area contributed by atoms with Crippen molar-refractivity contribution in [3.8, 4) is 0 Å². The summed E-state index contributed by atoms with van der Waals surface area (Å²) in [6.45, 7) is 2.44. The Morgan fingerprint density at radius 1 is 1.24 bits per heavy atom. The van der Waals surface area contributed by atoms with Gasteiger partial charge in [-0.15, -0.1) is 0 Å². The van der Waals surface area contributed by atoms with Crippen LogP contribution in [-0.4, -0.2) is 46.0 Å². The van der Waals surface area contributed by atoms with Gasteiger partial charge in [-0.1, -0.05) is 25.1 Å². The Bertz CT molecular complexity index is 573. The summed E-state index contributed by atoms with van der Waals surface area (Å²) < 4.78 is 36.2. The molecule has 0 saturated heterocycles. The summed E-state index contributed by atoms with van der Waals surface area (Å²) in [5, 5.41) is 5.95. The molecular weight excluding hydrogens is 293 g/mol. The third-order valence-corrected chi connectivity index (χ3v) is 4.72. The minimum atomic E-state index is -2.99. The SMILES string of the molecule is CCS(=O)(=O)CCNC(=NC)NCCc1ccccc1F. The summed E-state index contributed by atoms with van der Waals surface area (Å²) in [5.41, 5.74) is 0.633. The van der Waals surface area contributed by atoms with Crippen molar-refractivity contribution in [2.75, 3.05) is 31.6 Å². The van der Waals surface area contributed by atoms with E-state index in [-0.39, 0.29) is 17.3 Å². The highest BCUT2D eigenvalue weighted by atomic mass is 32.2. The largest absolute Gasteiger partial charge is 0.356 e. The molecule has 0 radical (unpaired) electrons. The normalized spacial score (nSPS) is 12.2. The Hall–Kier alpha value is -1.63. The van der Waals surface area contributed by atoms with E-state index in [1.165, 1.54) is 6.07 Å². The fraction of sp³-hybridized carbons (Fsp3) is 0.500. The van der Waals surface area contributed by atoms with Gasteiger partial charge in [0.25, 0.3) is 0 Å². The molecule has 0 atom stereocenters. The van der Waals surface area contributed by atoms with E-state index < -0.39 is 9.84 Å². The van der Waals surface area contributed by atoms with Crippen LogP contribution in [0.15, 0.2) is 29.3 Å². The average molecular weight is 315 g/mol. The van der Waals surface area contributed by atoms with E-state index in [0.717, 1.165) is 0 Å². The lowest BCUT2D eigenvalue weighted by Crippen LogP contribution is -2.40. The van der Waals surface area contributed by atoms with Crippen molar-refractivity contribution in [2.45, 2.75) is 13.3 Å². The molecule has 0 aliphatic carbocycles. The minimum Gasteiger partial charge on any atom is -0.356 e. The van der Waals surface area contributed by atoms with Crippen LogP contribution in [-0.2, 0) is 16.3 Å². The number of halogens is 1. The Morgan fingerprint density at radius 2 is 1.90 bits per heavy atom. The maximum absolute atomic E-state index is 13.4. The minimum absolute atomic E-state index is 0.0670. The summed E-state index contributed by atoms with van der Waals surface area (Å²) in [6, 6.07) is 6.61. The van der Waals surface area contributed by atoms with E-state index >= 15 is 0 Å². The zero-order valence-corrected chi connectivity index (χ0v) is 13.2. The molecule has 0 heterocycles. The lowest BCUT2D eigenvalue weighted by Gasteiger charge is -2.12. The van der Waals surface area contributed by atoms with Crippen molar-refractivity contribution >= 4 is 15.8 Å². The monoisotopic (exact) mass is 315 g/mol. The smallest absolute Gasteiger partial charge is 0.191 e. The summed E-state index contributed by atoms with van der Waals surface area (Å²) in [5.74, 6) is 0.486. The predicted molar refractivity (Wildman–Crippen MR) is 83.8 cm³/mol. The molecule has 1 aromatic rings. The molecule has 0 amide bonds. The van der Waals surface area contributed by atoms with Crippen LogP contribution in [0.3, 0.4) is 0 Å². The summed E-state index contributed by atoms with van der Waals surface area (Å²) in [4.78, 5) is 3.99. The van der Waals surface area contributed by atoms with Gasteiger partial charge in [0.1, 0.15) is 5.82 Å². The van der Waals surface area contributed by atoms with Crippen LogP contribution in [0.25, 0.3) is 0 Å². The first kappa shape index (κ1) is 17.4. The topological polar surface area (TPSA) is 70.6 Å². The van der Waals surface area contributed by atoms with Gasteiger partial charge >= 0.3 is 0 Å². The van der Waals surface area contributed by atoms with Crippen LogP contribution < -0.4 is 10.6 Å². The number of sulfone groups is 1. The molecule has 1 rings (SSSR count). The van der Waals surface area contributed by atoms with Crippen LogP contribution in [0.4, 0.5) is 4.39 Å². The number of rotatable bonds is 7. The van der Waals surface area contributed by atoms with Crippen LogP contribution >= 0.6 is 0 Å². The Kier molecular flexibility index (Phi) is 7.14. The highest BCUT2D eigenvalue weighted by Gasteiger charge is 2.07. The molecule has 21 heavy (non-hydrogen) atoms. The Morgan fingerprint density at radius 3 is 2.52 bits per heavy atom. The lowest BCUT2D eigenvalue weighted by atomic mass is 10.1. The van der Waals surface area contributed by atoms with Crippen molar-refractivity contribution in [2.24, 2.45) is 4.99 Å². The Balaban J connectivity index is 2.34. The first-order chi connectivity index (χ1) is 9.98. The van der Waals surface area contributed by atoms with Crippen LogP contribution in [0.2, 0.25) is 0 Å². The number of hydrogen-bond acceptors (Lipinski definition) is 3. The first-order valence-electron chi connectivity index (χ1n) is 6.87. The predicted octanol–water partition coefficient (Wildman–Crippen LogP) is 0.968. The molecule has 0 bridgehead atoms. The van der Waals surface area contributed by atoms with Gasteiger partial charge in [-0.25, -0.2) is 12.8 Å². The summed E-state index contributed by atoms with van der Waals surface area (Å²) in [6.07, 6.45) is 0.528. The molecule has 0 spiro atoms. The van der Waals surface area contributed by atoms with E-state index in [2.05, 4.69) is 15.6 Å². The molecule has 0 aliphatic heterocycles. The highest BCUT2D eigenvalue weighted by molar-refractivity contribution is 7.91. The third kappa shape index (κ3) is 6.57. The molecule has 0 fully saturated rings. The zero-order chi connectivity index (χ0) is 15.7. The number of aliphatic imine (C=N–C) groups is 1. The van der Waals surface area contributed by atoms with Crippen molar-refractivity contribution in [1.29, 1.82) is 0 Å². The van der Waals surface area contributed by atoms with Gasteiger partial charge in [0.05, 0.1) is 5.75 Å². The van der Waals surface area contributed by atoms with E-state index in [1.54, 1.807) is 32.2 Å². The quantitative estimate of drug-likeness (QED) is 0.581. The lowest BCUT2D eigenvalue weighted by molar-refractivity contribution is 0.595. The first-order valence-corrected chi connectivity index (χ1v) is 8.69. The molecule has 1 aromatic carbocycles. The van der Waals surface area contributed by atoms with E-state index in [4.69, 9.17) is 0 Å². The molecule has 118 valence electrons. The zero-order valence-electron chi connectivity index (χ0n) is 12.4. The van der Waals surface area contributed by atoms with Crippen molar-refractivity contribution < 1.29 is 12.8 Å². The standard InChI is InChI=1S/C14H22FN3O2S/c1-3-21(19,20)11-10-18-14(16-2)17-9-8-12-6-4-5-7-13(12)15/h4-7H,3,8-11H2,1-2H3,(H2,16,17,18). The number of benzene rings is 1. The second kappa shape index (κ2) is 8.61. The number of hydrogen-bond donors (Lipinski definition) is 2. The molecule has 5 nitrogen and oxygen atoms in total. The fourth-order valence-corrected chi connectivity index (χ4v) is 2.41. The molecule has 0 aliphatic rings. The van der Waals surface area contributed by atoms with E-state index in [0.29, 0.717) is 31.0 Å². The number of guanidine groups is 1. The summed E-state index contributed by atoms with van der Waals surface area (Å²) >= 11 is 0. The van der Waals surface area contributed by atoms with Crippen molar-refractivity contribution in [1.82, 2.24) is 10.6 Å². The van der Waals surface area contributed by atoms with Gasteiger partial charge in [0.2, 0.25) is 0 Å². The second-order valence-corrected chi connectivity index (χ2v) is 6.98. The van der Waals surface area contributed by atoms with Crippen LogP contribution in [0.5, 0.6) is 0 Å². The van der Waals surface area contributed by atoms with Crippen molar-refractivity contribution in [3.63, 3.8) is 0 Å². The van der Waals surface area contributed by atoms with Gasteiger partial charge in [-0.3, -0.25) is 4.99 Å². The summed E-state index contributed by atoms with van der Waals surface area (Å²) in [7, 11) is -1.38. The van der Waals surface area contributed by atoms with Gasteiger partial charge in [0, 0.05) is 25.9 Å². The highest BCUT2D eigenvalue weighted by Crippen LogP contribution is 2.05. The molecule has 2 N–H and O–H groups in total. The number of nitrogens with zero attached hydrogens (tertiary/aromatic N) is 1. The van der Waals surface area contributed by atoms with Gasteiger partial charge in [0.15, 0.2) is 15.8 Å². The molecule has 0 saturated carbocycles. The van der Waals surface area contributed by atoms with Gasteiger partial charge in [-0.2, -0.15) is 0 Å². The maximum atomic E-state index is 13.4. The molecular formula is C14H22FN3O2S. The van der Waals surface area contributed by atoms with Crippen LogP contribution in [0.1, 0.15) is 12.5 Å². The van der Waals surface area contributed by atoms with E-state index in [1.807, 2.05) is 0 Å².